The predicted molar refractivity (Wildman–Crippen MR) is 70.8 cm³/mol. The Hall–Kier alpha value is -0.940. The molecule has 0 bridgehead atoms. The Labute approximate surface area is 107 Å². The number of thiazole rings is 1. The van der Waals surface area contributed by atoms with E-state index in [1.807, 2.05) is 18.3 Å². The van der Waals surface area contributed by atoms with Crippen LogP contribution in [-0.2, 0) is 13.0 Å². The van der Waals surface area contributed by atoms with Crippen LogP contribution < -0.4 is 5.32 Å². The number of halogens is 1. The van der Waals surface area contributed by atoms with Gasteiger partial charge in [-0.3, -0.25) is 0 Å². The highest BCUT2D eigenvalue weighted by Crippen LogP contribution is 2.15. The normalized spacial score (nSPS) is 10.4. The molecule has 2 aromatic rings. The first kappa shape index (κ1) is 11.5. The van der Waals surface area contributed by atoms with Crippen molar-refractivity contribution in [2.24, 2.45) is 0 Å². The molecule has 0 atom stereocenters. The van der Waals surface area contributed by atoms with Crippen molar-refractivity contribution in [1.29, 1.82) is 0 Å². The number of aryl methyl sites for hydroxylation is 1. The molecule has 0 unspecified atom stereocenters. The first-order valence-corrected chi connectivity index (χ1v) is 6.68. The van der Waals surface area contributed by atoms with Crippen molar-refractivity contribution in [3.8, 4) is 0 Å². The van der Waals surface area contributed by atoms with E-state index in [4.69, 9.17) is 0 Å². The molecule has 5 heteroatoms. The Morgan fingerprint density at radius 1 is 1.31 bits per heavy atom. The molecule has 3 nitrogen and oxygen atoms in total. The van der Waals surface area contributed by atoms with Crippen LogP contribution in [0.15, 0.2) is 29.0 Å². The minimum absolute atomic E-state index is 0.735. The average Bonchev–Trinajstić information content (AvgIpc) is 2.76. The zero-order valence-electron chi connectivity index (χ0n) is 8.90. The third-order valence-electron chi connectivity index (χ3n) is 2.10. The lowest BCUT2D eigenvalue weighted by molar-refractivity contribution is 1.07. The molecular formula is C11H12BrN3S. The summed E-state index contributed by atoms with van der Waals surface area (Å²) in [6, 6.07) is 3.91. The largest absolute Gasteiger partial charge is 0.364 e. The van der Waals surface area contributed by atoms with Gasteiger partial charge in [-0.05, 0) is 34.5 Å². The van der Waals surface area contributed by atoms with Crippen LogP contribution in [0.25, 0.3) is 0 Å². The molecule has 0 radical (unpaired) electrons. The summed E-state index contributed by atoms with van der Waals surface area (Å²) in [4.78, 5) is 9.90. The van der Waals surface area contributed by atoms with Gasteiger partial charge in [-0.2, -0.15) is 0 Å². The first-order chi connectivity index (χ1) is 7.78. The van der Waals surface area contributed by atoms with Gasteiger partial charge in [0.25, 0.3) is 0 Å². The molecule has 2 rings (SSSR count). The van der Waals surface area contributed by atoms with Crippen LogP contribution in [0.1, 0.15) is 16.8 Å². The topological polar surface area (TPSA) is 37.8 Å². The van der Waals surface area contributed by atoms with E-state index < -0.39 is 0 Å². The highest BCUT2D eigenvalue weighted by Gasteiger charge is 2.00. The van der Waals surface area contributed by atoms with Crippen LogP contribution in [0, 0.1) is 0 Å². The molecule has 2 aromatic heterocycles. The summed E-state index contributed by atoms with van der Waals surface area (Å²) in [6.07, 6.45) is 4.77. The second-order valence-corrected chi connectivity index (χ2v) is 5.40. The molecule has 0 aromatic carbocycles. The van der Waals surface area contributed by atoms with Gasteiger partial charge < -0.3 is 5.32 Å². The summed E-state index contributed by atoms with van der Waals surface area (Å²) in [6.45, 7) is 2.88. The molecule has 2 heterocycles. The fourth-order valence-corrected chi connectivity index (χ4v) is 2.28. The third-order valence-corrected chi connectivity index (χ3v) is 3.71. The van der Waals surface area contributed by atoms with Crippen molar-refractivity contribution in [2.75, 3.05) is 5.32 Å². The molecule has 16 heavy (non-hydrogen) atoms. The van der Waals surface area contributed by atoms with Crippen LogP contribution in [0.5, 0.6) is 0 Å². The van der Waals surface area contributed by atoms with Crippen molar-refractivity contribution >= 4 is 33.1 Å². The van der Waals surface area contributed by atoms with E-state index in [2.05, 4.69) is 38.1 Å². The number of hydrogen-bond acceptors (Lipinski definition) is 4. The molecule has 0 saturated carbocycles. The van der Waals surface area contributed by atoms with Gasteiger partial charge in [-0.15, -0.1) is 11.3 Å². The average molecular weight is 298 g/mol. The summed E-state index contributed by atoms with van der Waals surface area (Å²) in [5.41, 5.74) is 0. The molecular weight excluding hydrogens is 286 g/mol. The standard InChI is InChI=1S/C11H12BrN3S/c1-2-9-6-15-11(16-9)7-14-10-4-3-8(12)5-13-10/h3-6H,2,7H2,1H3,(H,13,14). The number of nitrogens with zero attached hydrogens (tertiary/aromatic N) is 2. The molecule has 0 spiro atoms. The van der Waals surface area contributed by atoms with Gasteiger partial charge in [-0.25, -0.2) is 9.97 Å². The third kappa shape index (κ3) is 3.02. The molecule has 0 saturated heterocycles. The van der Waals surface area contributed by atoms with Crippen LogP contribution in [0.4, 0.5) is 5.82 Å². The Bertz CT molecular complexity index is 453. The highest BCUT2D eigenvalue weighted by atomic mass is 79.9. The second-order valence-electron chi connectivity index (χ2n) is 3.29. The van der Waals surface area contributed by atoms with E-state index in [1.54, 1.807) is 17.5 Å². The Kier molecular flexibility index (Phi) is 3.90. The van der Waals surface area contributed by atoms with Crippen molar-refractivity contribution in [1.82, 2.24) is 9.97 Å². The molecule has 1 N–H and O–H groups in total. The molecule has 0 aliphatic carbocycles. The summed E-state index contributed by atoms with van der Waals surface area (Å²) in [5, 5.41) is 4.34. The first-order valence-electron chi connectivity index (χ1n) is 5.07. The van der Waals surface area contributed by atoms with E-state index in [1.165, 1.54) is 4.88 Å². The lowest BCUT2D eigenvalue weighted by Crippen LogP contribution is -2.00. The summed E-state index contributed by atoms with van der Waals surface area (Å²) < 4.78 is 0.987. The van der Waals surface area contributed by atoms with Gasteiger partial charge >= 0.3 is 0 Å². The van der Waals surface area contributed by atoms with Gasteiger partial charge in [-0.1, -0.05) is 6.92 Å². The van der Waals surface area contributed by atoms with E-state index in [9.17, 15) is 0 Å². The summed E-state index contributed by atoms with van der Waals surface area (Å²) in [5.74, 6) is 0.872. The number of hydrogen-bond donors (Lipinski definition) is 1. The maximum Gasteiger partial charge on any atom is 0.126 e. The number of pyridine rings is 1. The van der Waals surface area contributed by atoms with Gasteiger partial charge in [0.2, 0.25) is 0 Å². The number of anilines is 1. The zero-order chi connectivity index (χ0) is 11.4. The molecule has 0 amide bonds. The molecule has 0 aliphatic rings. The van der Waals surface area contributed by atoms with Crippen molar-refractivity contribution in [2.45, 2.75) is 19.9 Å². The minimum Gasteiger partial charge on any atom is -0.364 e. The predicted octanol–water partition coefficient (Wildman–Crippen LogP) is 3.48. The summed E-state index contributed by atoms with van der Waals surface area (Å²) >= 11 is 5.10. The van der Waals surface area contributed by atoms with E-state index >= 15 is 0 Å². The molecule has 0 fully saturated rings. The van der Waals surface area contributed by atoms with E-state index in [0.29, 0.717) is 0 Å². The van der Waals surface area contributed by atoms with E-state index in [0.717, 1.165) is 28.3 Å². The Morgan fingerprint density at radius 2 is 2.19 bits per heavy atom. The Morgan fingerprint density at radius 3 is 2.81 bits per heavy atom. The van der Waals surface area contributed by atoms with Gasteiger partial charge in [0.1, 0.15) is 10.8 Å². The summed E-state index contributed by atoms with van der Waals surface area (Å²) in [7, 11) is 0. The highest BCUT2D eigenvalue weighted by molar-refractivity contribution is 9.10. The number of rotatable bonds is 4. The van der Waals surface area contributed by atoms with Crippen molar-refractivity contribution in [3.63, 3.8) is 0 Å². The quantitative estimate of drug-likeness (QED) is 0.939. The molecule has 84 valence electrons. The van der Waals surface area contributed by atoms with E-state index in [-0.39, 0.29) is 0 Å². The van der Waals surface area contributed by atoms with Crippen LogP contribution in [0.3, 0.4) is 0 Å². The fraction of sp³-hybridized carbons (Fsp3) is 0.273. The number of nitrogens with one attached hydrogen (secondary N) is 1. The zero-order valence-corrected chi connectivity index (χ0v) is 11.3. The van der Waals surface area contributed by atoms with Gasteiger partial charge in [0, 0.05) is 21.7 Å². The minimum atomic E-state index is 0.735. The SMILES string of the molecule is CCc1cnc(CNc2ccc(Br)cn2)s1. The van der Waals surface area contributed by atoms with Crippen molar-refractivity contribution < 1.29 is 0 Å². The maximum absolute atomic E-state index is 4.34. The van der Waals surface area contributed by atoms with Crippen molar-refractivity contribution in [3.05, 3.63) is 38.9 Å². The smallest absolute Gasteiger partial charge is 0.126 e. The lowest BCUT2D eigenvalue weighted by atomic mass is 10.4. The van der Waals surface area contributed by atoms with Gasteiger partial charge in [0.05, 0.1) is 6.54 Å². The lowest BCUT2D eigenvalue weighted by Gasteiger charge is -2.02. The van der Waals surface area contributed by atoms with Crippen LogP contribution >= 0.6 is 27.3 Å². The number of aromatic nitrogens is 2. The fourth-order valence-electron chi connectivity index (χ4n) is 1.24. The van der Waals surface area contributed by atoms with Crippen LogP contribution in [-0.4, -0.2) is 9.97 Å². The maximum atomic E-state index is 4.34. The monoisotopic (exact) mass is 297 g/mol. The van der Waals surface area contributed by atoms with Crippen LogP contribution in [0.2, 0.25) is 0 Å². The Balaban J connectivity index is 1.94. The molecule has 0 aliphatic heterocycles. The van der Waals surface area contributed by atoms with Gasteiger partial charge in [0.15, 0.2) is 0 Å². The second kappa shape index (κ2) is 5.41.